The fourth-order valence-electron chi connectivity index (χ4n) is 1.06. The molecule has 5 heteroatoms. The molecule has 0 saturated carbocycles. The van der Waals surface area contributed by atoms with Gasteiger partial charge in [0.15, 0.2) is 0 Å². The number of carbonyl (C=O) groups is 1. The van der Waals surface area contributed by atoms with Gasteiger partial charge in [0, 0.05) is 12.1 Å². The van der Waals surface area contributed by atoms with E-state index < -0.39 is 17.5 Å². The molecule has 0 aliphatic rings. The summed E-state index contributed by atoms with van der Waals surface area (Å²) in [4.78, 5) is 10.6. The van der Waals surface area contributed by atoms with Gasteiger partial charge in [0.2, 0.25) is 5.91 Å². The number of carbonyl (C=O) groups excluding carboxylic acids is 1. The maximum Gasteiger partial charge on any atom is 0.248 e. The molecule has 0 atom stereocenters. The van der Waals surface area contributed by atoms with Gasteiger partial charge in [-0.3, -0.25) is 4.79 Å². The summed E-state index contributed by atoms with van der Waals surface area (Å²) in [6.45, 7) is 2.10. The first-order chi connectivity index (χ1) is 6.56. The second-order valence-corrected chi connectivity index (χ2v) is 2.71. The Morgan fingerprint density at radius 1 is 1.43 bits per heavy atom. The van der Waals surface area contributed by atoms with Crippen LogP contribution in [0.5, 0.6) is 0 Å². The van der Waals surface area contributed by atoms with Gasteiger partial charge in [-0.25, -0.2) is 8.78 Å². The summed E-state index contributed by atoms with van der Waals surface area (Å²) in [6, 6.07) is 1.81. The minimum Gasteiger partial charge on any atom is -0.381 e. The van der Waals surface area contributed by atoms with E-state index >= 15 is 0 Å². The number of anilines is 1. The van der Waals surface area contributed by atoms with Gasteiger partial charge in [0.25, 0.3) is 0 Å². The SMILES string of the molecule is CCNc1c(F)cc(C(N)=O)cc1F. The lowest BCUT2D eigenvalue weighted by Crippen LogP contribution is -2.13. The van der Waals surface area contributed by atoms with Crippen molar-refractivity contribution in [3.05, 3.63) is 29.3 Å². The monoisotopic (exact) mass is 200 g/mol. The van der Waals surface area contributed by atoms with Crippen LogP contribution in [0, 0.1) is 11.6 Å². The third-order valence-corrected chi connectivity index (χ3v) is 1.68. The molecule has 0 heterocycles. The van der Waals surface area contributed by atoms with Crippen molar-refractivity contribution in [2.45, 2.75) is 6.92 Å². The Balaban J connectivity index is 3.18. The highest BCUT2D eigenvalue weighted by atomic mass is 19.1. The van der Waals surface area contributed by atoms with Crippen molar-refractivity contribution in [3.63, 3.8) is 0 Å². The molecule has 0 radical (unpaired) electrons. The molecule has 0 unspecified atom stereocenters. The molecule has 1 aromatic rings. The second-order valence-electron chi connectivity index (χ2n) is 2.71. The molecule has 76 valence electrons. The Hall–Kier alpha value is -1.65. The summed E-state index contributed by atoms with van der Waals surface area (Å²) in [5.74, 6) is -2.49. The third-order valence-electron chi connectivity index (χ3n) is 1.68. The van der Waals surface area contributed by atoms with Crippen molar-refractivity contribution >= 4 is 11.6 Å². The molecule has 0 aliphatic carbocycles. The highest BCUT2D eigenvalue weighted by Crippen LogP contribution is 2.20. The van der Waals surface area contributed by atoms with Crippen LogP contribution in [0.4, 0.5) is 14.5 Å². The summed E-state index contributed by atoms with van der Waals surface area (Å²) in [7, 11) is 0. The van der Waals surface area contributed by atoms with Gasteiger partial charge in [-0.1, -0.05) is 0 Å². The number of primary amides is 1. The van der Waals surface area contributed by atoms with E-state index in [1.807, 2.05) is 0 Å². The molecule has 0 bridgehead atoms. The predicted octanol–water partition coefficient (Wildman–Crippen LogP) is 1.50. The van der Waals surface area contributed by atoms with Crippen LogP contribution in [0.3, 0.4) is 0 Å². The molecule has 14 heavy (non-hydrogen) atoms. The molecule has 0 aromatic heterocycles. The van der Waals surface area contributed by atoms with Gasteiger partial charge in [-0.05, 0) is 19.1 Å². The number of halogens is 2. The van der Waals surface area contributed by atoms with Crippen LogP contribution >= 0.6 is 0 Å². The van der Waals surface area contributed by atoms with Crippen molar-refractivity contribution < 1.29 is 13.6 Å². The van der Waals surface area contributed by atoms with Crippen LogP contribution in [0.1, 0.15) is 17.3 Å². The Labute approximate surface area is 79.9 Å². The van der Waals surface area contributed by atoms with Crippen LogP contribution in [-0.2, 0) is 0 Å². The molecule has 0 saturated heterocycles. The second kappa shape index (κ2) is 4.04. The van der Waals surface area contributed by atoms with Crippen LogP contribution < -0.4 is 11.1 Å². The Morgan fingerprint density at radius 2 is 1.93 bits per heavy atom. The molecule has 1 aromatic carbocycles. The quantitative estimate of drug-likeness (QED) is 0.776. The number of rotatable bonds is 3. The number of hydrogen-bond acceptors (Lipinski definition) is 2. The smallest absolute Gasteiger partial charge is 0.248 e. The average molecular weight is 200 g/mol. The molecule has 1 amide bonds. The van der Waals surface area contributed by atoms with Gasteiger partial charge in [0.1, 0.15) is 17.3 Å². The molecular formula is C9H10F2N2O. The molecular weight excluding hydrogens is 190 g/mol. The largest absolute Gasteiger partial charge is 0.381 e. The van der Waals surface area contributed by atoms with Gasteiger partial charge >= 0.3 is 0 Å². The van der Waals surface area contributed by atoms with E-state index in [9.17, 15) is 13.6 Å². The van der Waals surface area contributed by atoms with E-state index in [4.69, 9.17) is 5.73 Å². The molecule has 0 aliphatic heterocycles. The zero-order valence-electron chi connectivity index (χ0n) is 7.60. The van der Waals surface area contributed by atoms with E-state index in [2.05, 4.69) is 5.32 Å². The van der Waals surface area contributed by atoms with Crippen molar-refractivity contribution in [1.29, 1.82) is 0 Å². The van der Waals surface area contributed by atoms with Gasteiger partial charge in [0.05, 0.1) is 0 Å². The fraction of sp³-hybridized carbons (Fsp3) is 0.222. The standard InChI is InChI=1S/C9H10F2N2O/c1-2-13-8-6(10)3-5(9(12)14)4-7(8)11/h3-4,13H,2H2,1H3,(H2,12,14). The Morgan fingerprint density at radius 3 is 2.29 bits per heavy atom. The topological polar surface area (TPSA) is 55.1 Å². The van der Waals surface area contributed by atoms with E-state index in [1.165, 1.54) is 0 Å². The lowest BCUT2D eigenvalue weighted by atomic mass is 10.1. The van der Waals surface area contributed by atoms with E-state index in [0.717, 1.165) is 12.1 Å². The Bertz CT molecular complexity index is 343. The lowest BCUT2D eigenvalue weighted by Gasteiger charge is -2.07. The normalized spacial score (nSPS) is 9.93. The molecule has 3 N–H and O–H groups in total. The maximum atomic E-state index is 13.1. The summed E-state index contributed by atoms with van der Waals surface area (Å²) in [5.41, 5.74) is 4.47. The number of nitrogens with one attached hydrogen (secondary N) is 1. The lowest BCUT2D eigenvalue weighted by molar-refractivity contribution is 0.0999. The van der Waals surface area contributed by atoms with E-state index in [-0.39, 0.29) is 11.3 Å². The predicted molar refractivity (Wildman–Crippen MR) is 49.0 cm³/mol. The maximum absolute atomic E-state index is 13.1. The Kier molecular flexibility index (Phi) is 3.01. The van der Waals surface area contributed by atoms with Crippen LogP contribution in [0.2, 0.25) is 0 Å². The first kappa shape index (κ1) is 10.4. The summed E-state index contributed by atoms with van der Waals surface area (Å²) in [6.07, 6.45) is 0. The van der Waals surface area contributed by atoms with Crippen LogP contribution in [-0.4, -0.2) is 12.5 Å². The minimum atomic E-state index is -0.856. The number of benzene rings is 1. The first-order valence-corrected chi connectivity index (χ1v) is 4.09. The van der Waals surface area contributed by atoms with Crippen molar-refractivity contribution in [1.82, 2.24) is 0 Å². The molecule has 1 rings (SSSR count). The molecule has 3 nitrogen and oxygen atoms in total. The first-order valence-electron chi connectivity index (χ1n) is 4.09. The third kappa shape index (κ3) is 1.99. The van der Waals surface area contributed by atoms with Crippen molar-refractivity contribution in [2.75, 3.05) is 11.9 Å². The summed E-state index contributed by atoms with van der Waals surface area (Å²) in [5, 5.41) is 2.51. The van der Waals surface area contributed by atoms with Crippen LogP contribution in [0.15, 0.2) is 12.1 Å². The average Bonchev–Trinajstić information content (AvgIpc) is 2.10. The van der Waals surface area contributed by atoms with Gasteiger partial charge in [-0.2, -0.15) is 0 Å². The minimum absolute atomic E-state index is 0.179. The summed E-state index contributed by atoms with van der Waals surface area (Å²) >= 11 is 0. The number of nitrogens with two attached hydrogens (primary N) is 1. The van der Waals surface area contributed by atoms with E-state index in [0.29, 0.717) is 6.54 Å². The molecule has 0 spiro atoms. The highest BCUT2D eigenvalue weighted by molar-refractivity contribution is 5.93. The van der Waals surface area contributed by atoms with Crippen molar-refractivity contribution in [2.24, 2.45) is 5.73 Å². The molecule has 0 fully saturated rings. The number of hydrogen-bond donors (Lipinski definition) is 2. The number of amides is 1. The van der Waals surface area contributed by atoms with E-state index in [1.54, 1.807) is 6.92 Å². The fourth-order valence-corrected chi connectivity index (χ4v) is 1.06. The van der Waals surface area contributed by atoms with Gasteiger partial charge in [-0.15, -0.1) is 0 Å². The zero-order valence-corrected chi connectivity index (χ0v) is 7.60. The summed E-state index contributed by atoms with van der Waals surface area (Å²) < 4.78 is 26.3. The highest BCUT2D eigenvalue weighted by Gasteiger charge is 2.12. The van der Waals surface area contributed by atoms with Crippen molar-refractivity contribution in [3.8, 4) is 0 Å². The van der Waals surface area contributed by atoms with Gasteiger partial charge < -0.3 is 11.1 Å². The zero-order chi connectivity index (χ0) is 10.7. The van der Waals surface area contributed by atoms with Crippen LogP contribution in [0.25, 0.3) is 0 Å².